The molecule has 1 unspecified atom stereocenters. The van der Waals surface area contributed by atoms with Crippen molar-refractivity contribution in [3.05, 3.63) is 39.4 Å². The molecular formula is C13H17NO4. The van der Waals surface area contributed by atoms with Gasteiger partial charge in [0.25, 0.3) is 5.69 Å². The molecule has 1 atom stereocenters. The third-order valence-electron chi connectivity index (χ3n) is 2.89. The molecule has 0 radical (unpaired) electrons. The molecule has 0 fully saturated rings. The molecule has 0 aliphatic carbocycles. The molecule has 0 bridgehead atoms. The van der Waals surface area contributed by atoms with E-state index in [1.165, 1.54) is 12.1 Å². The number of hydrogen-bond donors (Lipinski definition) is 0. The highest BCUT2D eigenvalue weighted by Crippen LogP contribution is 2.27. The van der Waals surface area contributed by atoms with Gasteiger partial charge in [-0.3, -0.25) is 10.1 Å². The topological polar surface area (TPSA) is 69.4 Å². The van der Waals surface area contributed by atoms with Crippen molar-refractivity contribution in [2.75, 3.05) is 6.61 Å². The number of non-ortho nitro benzene ring substituents is 1. The summed E-state index contributed by atoms with van der Waals surface area (Å²) in [5, 5.41) is 10.7. The lowest BCUT2D eigenvalue weighted by molar-refractivity contribution is -0.384. The van der Waals surface area contributed by atoms with Gasteiger partial charge in [-0.25, -0.2) is 4.79 Å². The van der Waals surface area contributed by atoms with Crippen molar-refractivity contribution < 1.29 is 14.5 Å². The molecule has 0 aliphatic heterocycles. The molecule has 0 amide bonds. The highest BCUT2D eigenvalue weighted by molar-refractivity contribution is 5.92. The molecule has 0 N–H and O–H groups in total. The molecular weight excluding hydrogens is 234 g/mol. The van der Waals surface area contributed by atoms with E-state index in [9.17, 15) is 14.9 Å². The fraction of sp³-hybridized carbons (Fsp3) is 0.462. The van der Waals surface area contributed by atoms with E-state index in [1.807, 2.05) is 13.8 Å². The Morgan fingerprint density at radius 3 is 2.61 bits per heavy atom. The summed E-state index contributed by atoms with van der Waals surface area (Å²) in [7, 11) is 0. The fourth-order valence-corrected chi connectivity index (χ4v) is 1.69. The minimum absolute atomic E-state index is 0.0925. The Kier molecular flexibility index (Phi) is 4.83. The van der Waals surface area contributed by atoms with E-state index in [4.69, 9.17) is 4.74 Å². The zero-order chi connectivity index (χ0) is 13.7. The van der Waals surface area contributed by atoms with Crippen LogP contribution in [0.1, 0.15) is 49.0 Å². The van der Waals surface area contributed by atoms with Crippen LogP contribution in [-0.2, 0) is 4.74 Å². The van der Waals surface area contributed by atoms with E-state index in [0.717, 1.165) is 12.0 Å². The molecule has 0 heterocycles. The molecule has 1 aromatic rings. The lowest BCUT2D eigenvalue weighted by Crippen LogP contribution is -2.10. The van der Waals surface area contributed by atoms with E-state index in [1.54, 1.807) is 13.0 Å². The van der Waals surface area contributed by atoms with Crippen molar-refractivity contribution in [3.63, 3.8) is 0 Å². The summed E-state index contributed by atoms with van der Waals surface area (Å²) in [5.74, 6) is -0.346. The van der Waals surface area contributed by atoms with Crippen LogP contribution in [0.2, 0.25) is 0 Å². The van der Waals surface area contributed by atoms with Crippen molar-refractivity contribution in [1.29, 1.82) is 0 Å². The minimum atomic E-state index is -0.511. The van der Waals surface area contributed by atoms with Crippen molar-refractivity contribution >= 4 is 11.7 Å². The largest absolute Gasteiger partial charge is 0.462 e. The number of esters is 1. The second-order valence-corrected chi connectivity index (χ2v) is 4.06. The smallest absolute Gasteiger partial charge is 0.338 e. The van der Waals surface area contributed by atoms with Gasteiger partial charge in [0.2, 0.25) is 0 Å². The number of benzene rings is 1. The maximum atomic E-state index is 11.8. The maximum Gasteiger partial charge on any atom is 0.338 e. The Hall–Kier alpha value is -1.91. The molecule has 18 heavy (non-hydrogen) atoms. The molecule has 0 spiro atoms. The maximum absolute atomic E-state index is 11.8. The zero-order valence-electron chi connectivity index (χ0n) is 10.8. The number of nitrogens with zero attached hydrogens (tertiary/aromatic N) is 1. The van der Waals surface area contributed by atoms with Crippen LogP contribution >= 0.6 is 0 Å². The van der Waals surface area contributed by atoms with Crippen molar-refractivity contribution in [1.82, 2.24) is 0 Å². The van der Waals surface area contributed by atoms with Gasteiger partial charge >= 0.3 is 5.97 Å². The lowest BCUT2D eigenvalue weighted by atomic mass is 9.93. The van der Waals surface area contributed by atoms with E-state index in [0.29, 0.717) is 5.56 Å². The third-order valence-corrected chi connectivity index (χ3v) is 2.89. The Balaban J connectivity index is 3.26. The number of ether oxygens (including phenoxy) is 1. The molecule has 0 aliphatic rings. The number of carbonyl (C=O) groups excluding carboxylic acids is 1. The first-order valence-corrected chi connectivity index (χ1v) is 5.96. The monoisotopic (exact) mass is 251 g/mol. The van der Waals surface area contributed by atoms with Gasteiger partial charge in [0.15, 0.2) is 0 Å². The van der Waals surface area contributed by atoms with Gasteiger partial charge in [-0.15, -0.1) is 0 Å². The van der Waals surface area contributed by atoms with Gasteiger partial charge in [0.05, 0.1) is 17.1 Å². The normalized spacial score (nSPS) is 11.9. The van der Waals surface area contributed by atoms with Gasteiger partial charge in [-0.2, -0.15) is 0 Å². The van der Waals surface area contributed by atoms with Crippen molar-refractivity contribution in [3.8, 4) is 0 Å². The van der Waals surface area contributed by atoms with Crippen LogP contribution in [0.15, 0.2) is 18.2 Å². The molecule has 98 valence electrons. The first-order chi connectivity index (χ1) is 8.51. The summed E-state index contributed by atoms with van der Waals surface area (Å²) >= 11 is 0. The minimum Gasteiger partial charge on any atom is -0.462 e. The van der Waals surface area contributed by atoms with E-state index in [-0.39, 0.29) is 18.2 Å². The van der Waals surface area contributed by atoms with E-state index in [2.05, 4.69) is 0 Å². The second kappa shape index (κ2) is 6.14. The summed E-state index contributed by atoms with van der Waals surface area (Å²) in [6.07, 6.45) is 0.851. The predicted molar refractivity (Wildman–Crippen MR) is 67.8 cm³/mol. The first-order valence-electron chi connectivity index (χ1n) is 5.96. The van der Waals surface area contributed by atoms with Crippen LogP contribution in [0.3, 0.4) is 0 Å². The Morgan fingerprint density at radius 1 is 1.44 bits per heavy atom. The van der Waals surface area contributed by atoms with Crippen LogP contribution in [0, 0.1) is 10.1 Å². The quantitative estimate of drug-likeness (QED) is 0.457. The van der Waals surface area contributed by atoms with Gasteiger partial charge in [-0.1, -0.05) is 19.9 Å². The predicted octanol–water partition coefficient (Wildman–Crippen LogP) is 3.29. The number of rotatable bonds is 5. The highest BCUT2D eigenvalue weighted by atomic mass is 16.6. The van der Waals surface area contributed by atoms with Crippen LogP contribution in [0.4, 0.5) is 5.69 Å². The number of hydrogen-bond acceptors (Lipinski definition) is 4. The van der Waals surface area contributed by atoms with Gasteiger partial charge in [-0.05, 0) is 24.8 Å². The number of nitro groups is 1. The van der Waals surface area contributed by atoms with E-state index >= 15 is 0 Å². The van der Waals surface area contributed by atoms with Crippen LogP contribution in [-0.4, -0.2) is 17.5 Å². The zero-order valence-corrected chi connectivity index (χ0v) is 10.8. The average molecular weight is 251 g/mol. The molecule has 0 saturated carbocycles. The lowest BCUT2D eigenvalue weighted by Gasteiger charge is -2.13. The molecule has 0 saturated heterocycles. The van der Waals surface area contributed by atoms with Crippen LogP contribution in [0.5, 0.6) is 0 Å². The Morgan fingerprint density at radius 2 is 2.11 bits per heavy atom. The number of nitro benzene ring substituents is 1. The summed E-state index contributed by atoms with van der Waals surface area (Å²) < 4.78 is 4.94. The van der Waals surface area contributed by atoms with Gasteiger partial charge in [0.1, 0.15) is 0 Å². The Bertz CT molecular complexity index is 456. The molecule has 5 nitrogen and oxygen atoms in total. The summed E-state index contributed by atoms with van der Waals surface area (Å²) in [4.78, 5) is 22.0. The average Bonchev–Trinajstić information content (AvgIpc) is 2.37. The first kappa shape index (κ1) is 14.2. The summed E-state index contributed by atoms with van der Waals surface area (Å²) in [5.41, 5.74) is 0.993. The van der Waals surface area contributed by atoms with Gasteiger partial charge in [0, 0.05) is 12.1 Å². The van der Waals surface area contributed by atoms with Gasteiger partial charge < -0.3 is 4.74 Å². The van der Waals surface area contributed by atoms with Crippen molar-refractivity contribution in [2.24, 2.45) is 0 Å². The Labute approximate surface area is 106 Å². The second-order valence-electron chi connectivity index (χ2n) is 4.06. The fourth-order valence-electron chi connectivity index (χ4n) is 1.69. The third kappa shape index (κ3) is 3.06. The highest BCUT2D eigenvalue weighted by Gasteiger charge is 2.20. The molecule has 0 aromatic heterocycles. The molecule has 1 rings (SSSR count). The van der Waals surface area contributed by atoms with Crippen LogP contribution < -0.4 is 0 Å². The molecule has 5 heteroatoms. The van der Waals surface area contributed by atoms with Crippen molar-refractivity contribution in [2.45, 2.75) is 33.1 Å². The standard InChI is InChI=1S/C13H17NO4/c1-4-9(3)11-7-6-10(14(16)17)8-12(11)13(15)18-5-2/h6-9H,4-5H2,1-3H3. The summed E-state index contributed by atoms with van der Waals surface area (Å²) in [6, 6.07) is 4.35. The SMILES string of the molecule is CCOC(=O)c1cc([N+](=O)[O-])ccc1C(C)CC. The summed E-state index contributed by atoms with van der Waals surface area (Å²) in [6.45, 7) is 5.94. The van der Waals surface area contributed by atoms with E-state index < -0.39 is 10.9 Å². The molecule has 1 aromatic carbocycles. The number of carbonyl (C=O) groups is 1. The van der Waals surface area contributed by atoms with Crippen LogP contribution in [0.25, 0.3) is 0 Å².